The number of imidazole rings is 1. The van der Waals surface area contributed by atoms with Crippen molar-refractivity contribution < 1.29 is 0 Å². The van der Waals surface area contributed by atoms with Gasteiger partial charge in [0.05, 0.1) is 6.54 Å². The van der Waals surface area contributed by atoms with E-state index >= 15 is 0 Å². The molecule has 0 spiro atoms. The monoisotopic (exact) mass is 224 g/mol. The largest absolute Gasteiger partial charge is 0.333 e. The highest BCUT2D eigenvalue weighted by Crippen LogP contribution is 1.98. The van der Waals surface area contributed by atoms with E-state index in [4.69, 9.17) is 0 Å². The lowest BCUT2D eigenvalue weighted by Gasteiger charge is -2.18. The van der Waals surface area contributed by atoms with Crippen molar-refractivity contribution in [3.63, 3.8) is 0 Å². The average molecular weight is 224 g/mol. The first kappa shape index (κ1) is 13.2. The van der Waals surface area contributed by atoms with Gasteiger partial charge >= 0.3 is 0 Å². The first-order valence-corrected chi connectivity index (χ1v) is 6.24. The van der Waals surface area contributed by atoms with Gasteiger partial charge in [-0.2, -0.15) is 0 Å². The molecule has 0 bridgehead atoms. The third-order valence-corrected chi connectivity index (χ3v) is 2.89. The smallest absolute Gasteiger partial charge is 0.122 e. The normalized spacial score (nSPS) is 11.2. The van der Waals surface area contributed by atoms with Gasteiger partial charge in [0, 0.05) is 25.5 Å². The van der Waals surface area contributed by atoms with Crippen molar-refractivity contribution in [3.8, 4) is 0 Å². The van der Waals surface area contributed by atoms with Crippen molar-refractivity contribution >= 4 is 0 Å². The molecule has 0 fully saturated rings. The Kier molecular flexibility index (Phi) is 6.11. The van der Waals surface area contributed by atoms with Crippen LogP contribution in [0.4, 0.5) is 0 Å². The summed E-state index contributed by atoms with van der Waals surface area (Å²) in [7, 11) is 0. The third kappa shape index (κ3) is 3.94. The molecule has 0 aromatic carbocycles. The molecular weight excluding hydrogens is 200 g/mol. The van der Waals surface area contributed by atoms with Crippen LogP contribution in [0.3, 0.4) is 0 Å². The van der Waals surface area contributed by atoms with E-state index in [0.29, 0.717) is 0 Å². The molecule has 4 nitrogen and oxygen atoms in total. The van der Waals surface area contributed by atoms with Crippen LogP contribution in [0.2, 0.25) is 0 Å². The minimum atomic E-state index is 0.863. The Bertz CT molecular complexity index is 278. The number of hydrogen-bond acceptors (Lipinski definition) is 3. The molecule has 0 atom stereocenters. The summed E-state index contributed by atoms with van der Waals surface area (Å²) in [6.07, 6.45) is 3.95. The molecule has 0 amide bonds. The maximum absolute atomic E-state index is 4.37. The quantitative estimate of drug-likeness (QED) is 0.723. The van der Waals surface area contributed by atoms with Crippen LogP contribution in [0, 0.1) is 0 Å². The molecule has 1 rings (SSSR count). The molecule has 0 saturated carbocycles. The van der Waals surface area contributed by atoms with Gasteiger partial charge in [0.15, 0.2) is 0 Å². The van der Waals surface area contributed by atoms with Crippen molar-refractivity contribution in [3.05, 3.63) is 18.2 Å². The van der Waals surface area contributed by atoms with Crippen molar-refractivity contribution in [2.24, 2.45) is 0 Å². The number of hydrogen-bond donors (Lipinski definition) is 1. The summed E-state index contributed by atoms with van der Waals surface area (Å²) >= 11 is 0. The maximum atomic E-state index is 4.37. The predicted molar refractivity (Wildman–Crippen MR) is 67.4 cm³/mol. The van der Waals surface area contributed by atoms with Crippen molar-refractivity contribution in [1.82, 2.24) is 19.8 Å². The second kappa shape index (κ2) is 7.41. The molecule has 1 heterocycles. The van der Waals surface area contributed by atoms with Crippen LogP contribution in [0.25, 0.3) is 0 Å². The Morgan fingerprint density at radius 2 is 2.06 bits per heavy atom. The van der Waals surface area contributed by atoms with Gasteiger partial charge in [-0.3, -0.25) is 0 Å². The van der Waals surface area contributed by atoms with Gasteiger partial charge in [-0.1, -0.05) is 20.8 Å². The number of likely N-dealkylation sites (N-methyl/N-ethyl adjacent to an activating group) is 1. The molecule has 1 aromatic rings. The lowest BCUT2D eigenvalue weighted by atomic mass is 10.4. The zero-order valence-electron chi connectivity index (χ0n) is 10.7. The van der Waals surface area contributed by atoms with E-state index in [-0.39, 0.29) is 0 Å². The van der Waals surface area contributed by atoms with Gasteiger partial charge in [0.25, 0.3) is 0 Å². The van der Waals surface area contributed by atoms with Crippen LogP contribution in [0.15, 0.2) is 12.4 Å². The van der Waals surface area contributed by atoms with E-state index in [1.165, 1.54) is 0 Å². The fraction of sp³-hybridized carbons (Fsp3) is 0.750. The lowest BCUT2D eigenvalue weighted by Crippen LogP contribution is -2.28. The predicted octanol–water partition coefficient (Wildman–Crippen LogP) is 1.33. The molecule has 0 aliphatic carbocycles. The summed E-state index contributed by atoms with van der Waals surface area (Å²) in [5.74, 6) is 1.13. The first-order valence-electron chi connectivity index (χ1n) is 6.24. The molecule has 92 valence electrons. The Labute approximate surface area is 98.7 Å². The second-order valence-corrected chi connectivity index (χ2v) is 3.84. The molecule has 0 unspecified atom stereocenters. The van der Waals surface area contributed by atoms with E-state index in [0.717, 1.165) is 45.1 Å². The minimum Gasteiger partial charge on any atom is -0.333 e. The number of nitrogens with zero attached hydrogens (tertiary/aromatic N) is 3. The van der Waals surface area contributed by atoms with E-state index < -0.39 is 0 Å². The van der Waals surface area contributed by atoms with Crippen LogP contribution in [0.5, 0.6) is 0 Å². The Morgan fingerprint density at radius 3 is 2.69 bits per heavy atom. The summed E-state index contributed by atoms with van der Waals surface area (Å²) in [6, 6.07) is 0. The zero-order valence-corrected chi connectivity index (χ0v) is 10.7. The van der Waals surface area contributed by atoms with E-state index in [1.807, 2.05) is 6.20 Å². The molecule has 4 heteroatoms. The maximum Gasteiger partial charge on any atom is 0.122 e. The molecule has 0 radical (unpaired) electrons. The highest BCUT2D eigenvalue weighted by Gasteiger charge is 2.03. The number of rotatable bonds is 8. The van der Waals surface area contributed by atoms with E-state index in [9.17, 15) is 0 Å². The summed E-state index contributed by atoms with van der Waals surface area (Å²) in [4.78, 5) is 6.79. The van der Waals surface area contributed by atoms with Crippen LogP contribution in [-0.4, -0.2) is 40.6 Å². The first-order chi connectivity index (χ1) is 7.81. The van der Waals surface area contributed by atoms with Crippen molar-refractivity contribution in [2.75, 3.05) is 26.2 Å². The molecular formula is C12H24N4. The summed E-state index contributed by atoms with van der Waals surface area (Å²) in [5, 5.41) is 3.31. The van der Waals surface area contributed by atoms with Crippen molar-refractivity contribution in [2.45, 2.75) is 33.9 Å². The minimum absolute atomic E-state index is 0.863. The SMILES string of the molecule is CCNCc1nccn1CCN(CC)CC. The average Bonchev–Trinajstić information content (AvgIpc) is 2.75. The second-order valence-electron chi connectivity index (χ2n) is 3.84. The molecule has 1 aromatic heterocycles. The molecule has 0 aliphatic rings. The molecule has 0 aliphatic heterocycles. The van der Waals surface area contributed by atoms with Gasteiger partial charge in [-0.15, -0.1) is 0 Å². The fourth-order valence-electron chi connectivity index (χ4n) is 1.74. The number of nitrogens with one attached hydrogen (secondary N) is 1. The number of aromatic nitrogens is 2. The van der Waals surface area contributed by atoms with Gasteiger partial charge in [0.2, 0.25) is 0 Å². The molecule has 0 saturated heterocycles. The van der Waals surface area contributed by atoms with Crippen LogP contribution in [-0.2, 0) is 13.1 Å². The van der Waals surface area contributed by atoms with E-state index in [1.54, 1.807) is 0 Å². The van der Waals surface area contributed by atoms with Crippen LogP contribution >= 0.6 is 0 Å². The lowest BCUT2D eigenvalue weighted by molar-refractivity contribution is 0.288. The van der Waals surface area contributed by atoms with Gasteiger partial charge in [-0.05, 0) is 19.6 Å². The van der Waals surface area contributed by atoms with Gasteiger partial charge in [-0.25, -0.2) is 4.98 Å². The van der Waals surface area contributed by atoms with E-state index in [2.05, 4.69) is 46.7 Å². The molecule has 1 N–H and O–H groups in total. The third-order valence-electron chi connectivity index (χ3n) is 2.89. The fourth-order valence-corrected chi connectivity index (χ4v) is 1.74. The van der Waals surface area contributed by atoms with Gasteiger partial charge < -0.3 is 14.8 Å². The van der Waals surface area contributed by atoms with Crippen molar-refractivity contribution in [1.29, 1.82) is 0 Å². The summed E-state index contributed by atoms with van der Waals surface area (Å²) in [5.41, 5.74) is 0. The highest BCUT2D eigenvalue weighted by atomic mass is 15.2. The van der Waals surface area contributed by atoms with Gasteiger partial charge in [0.1, 0.15) is 5.82 Å². The topological polar surface area (TPSA) is 33.1 Å². The zero-order chi connectivity index (χ0) is 11.8. The van der Waals surface area contributed by atoms with Crippen LogP contribution in [0.1, 0.15) is 26.6 Å². The summed E-state index contributed by atoms with van der Waals surface area (Å²) in [6.45, 7) is 12.7. The molecule has 16 heavy (non-hydrogen) atoms. The summed E-state index contributed by atoms with van der Waals surface area (Å²) < 4.78 is 2.24. The van der Waals surface area contributed by atoms with Crippen LogP contribution < -0.4 is 5.32 Å². The Balaban J connectivity index is 2.43. The highest BCUT2D eigenvalue weighted by molar-refractivity contribution is 4.92. The Morgan fingerprint density at radius 1 is 1.31 bits per heavy atom. The Hall–Kier alpha value is -0.870. The standard InChI is InChI=1S/C12H24N4/c1-4-13-11-12-14-7-8-16(12)10-9-15(5-2)6-3/h7-8,13H,4-6,9-11H2,1-3H3.